The molecule has 1 unspecified atom stereocenters. The monoisotopic (exact) mass is 235 g/mol. The molecule has 5 nitrogen and oxygen atoms in total. The van der Waals surface area contributed by atoms with Crippen LogP contribution in [0.5, 0.6) is 0 Å². The lowest BCUT2D eigenvalue weighted by Crippen LogP contribution is -2.18. The van der Waals surface area contributed by atoms with E-state index in [1.807, 2.05) is 32.2 Å². The Morgan fingerprint density at radius 2 is 2.35 bits per heavy atom. The number of esters is 1. The molecular weight excluding hydrogens is 218 g/mol. The van der Waals surface area contributed by atoms with Gasteiger partial charge in [-0.05, 0) is 26.8 Å². The second-order valence-corrected chi connectivity index (χ2v) is 4.02. The molecule has 0 bridgehead atoms. The van der Waals surface area contributed by atoms with Crippen LogP contribution in [0.2, 0.25) is 0 Å². The Kier molecular flexibility index (Phi) is 4.70. The van der Waals surface area contributed by atoms with Crippen LogP contribution in [-0.2, 0) is 16.0 Å². The van der Waals surface area contributed by atoms with Crippen molar-refractivity contribution in [2.45, 2.75) is 33.2 Å². The van der Waals surface area contributed by atoms with Gasteiger partial charge in [-0.1, -0.05) is 0 Å². The topological polar surface area (TPSA) is 67.9 Å². The zero-order valence-electron chi connectivity index (χ0n) is 10.4. The molecule has 0 amide bonds. The first-order valence-corrected chi connectivity index (χ1v) is 5.68. The summed E-state index contributed by atoms with van der Waals surface area (Å²) in [5.74, 6) is -1.25. The molecule has 0 spiro atoms. The normalized spacial score (nSPS) is 12.2. The Bertz CT molecular complexity index is 418. The van der Waals surface area contributed by atoms with E-state index in [0.717, 1.165) is 5.69 Å². The lowest BCUT2D eigenvalue weighted by molar-refractivity contribution is -0.145. The fourth-order valence-corrected chi connectivity index (χ4v) is 1.41. The molecule has 0 radical (unpaired) electrons. The molecule has 1 rings (SSSR count). The summed E-state index contributed by atoms with van der Waals surface area (Å²) in [7, 11) is 0. The van der Waals surface area contributed by atoms with Gasteiger partial charge in [0.15, 0.2) is 0 Å². The number of carbonyl (C=O) groups excluding carboxylic acids is 1. The fraction of sp³-hybridized carbons (Fsp3) is 0.583. The summed E-state index contributed by atoms with van der Waals surface area (Å²) >= 11 is 0. The van der Waals surface area contributed by atoms with Gasteiger partial charge in [0, 0.05) is 18.7 Å². The van der Waals surface area contributed by atoms with E-state index in [9.17, 15) is 4.79 Å². The maximum atomic E-state index is 11.4. The molecule has 0 saturated carbocycles. The summed E-state index contributed by atoms with van der Waals surface area (Å²) in [5.41, 5.74) is 0.735. The van der Waals surface area contributed by atoms with Crippen molar-refractivity contribution >= 4 is 5.97 Å². The van der Waals surface area contributed by atoms with Crippen molar-refractivity contribution in [3.05, 3.63) is 18.0 Å². The number of nitriles is 1. The zero-order valence-corrected chi connectivity index (χ0v) is 10.4. The van der Waals surface area contributed by atoms with Gasteiger partial charge in [0.25, 0.3) is 0 Å². The molecule has 0 aromatic carbocycles. The number of nitrogens with zero attached hydrogens (tertiary/aromatic N) is 3. The minimum absolute atomic E-state index is 0.270. The van der Waals surface area contributed by atoms with Gasteiger partial charge in [0.1, 0.15) is 5.92 Å². The summed E-state index contributed by atoms with van der Waals surface area (Å²) < 4.78 is 6.63. The Balaban J connectivity index is 2.68. The maximum absolute atomic E-state index is 11.4. The molecule has 0 fully saturated rings. The van der Waals surface area contributed by atoms with Gasteiger partial charge in [-0.15, -0.1) is 0 Å². The predicted octanol–water partition coefficient (Wildman–Crippen LogP) is 1.71. The molecular formula is C12H17N3O2. The van der Waals surface area contributed by atoms with Gasteiger partial charge >= 0.3 is 5.97 Å². The number of ether oxygens (including phenoxy) is 1. The third-order valence-corrected chi connectivity index (χ3v) is 2.33. The first-order chi connectivity index (χ1) is 8.08. The van der Waals surface area contributed by atoms with Crippen LogP contribution in [0.3, 0.4) is 0 Å². The Morgan fingerprint density at radius 3 is 2.82 bits per heavy atom. The highest BCUT2D eigenvalue weighted by molar-refractivity contribution is 5.75. The Hall–Kier alpha value is -1.83. The largest absolute Gasteiger partial charge is 0.465 e. The molecule has 1 atom stereocenters. The molecule has 0 aliphatic heterocycles. The average molecular weight is 235 g/mol. The summed E-state index contributed by atoms with van der Waals surface area (Å²) in [6.07, 6.45) is 2.15. The van der Waals surface area contributed by atoms with E-state index in [-0.39, 0.29) is 12.6 Å². The quantitative estimate of drug-likeness (QED) is 0.728. The van der Waals surface area contributed by atoms with E-state index in [1.165, 1.54) is 0 Å². The number of hydrogen-bond donors (Lipinski definition) is 0. The van der Waals surface area contributed by atoms with Crippen LogP contribution in [0.4, 0.5) is 0 Å². The van der Waals surface area contributed by atoms with Crippen molar-refractivity contribution in [3.8, 4) is 6.07 Å². The Morgan fingerprint density at radius 1 is 1.65 bits per heavy atom. The van der Waals surface area contributed by atoms with Crippen molar-refractivity contribution in [1.29, 1.82) is 5.26 Å². The molecule has 0 N–H and O–H groups in total. The van der Waals surface area contributed by atoms with E-state index in [2.05, 4.69) is 5.10 Å². The van der Waals surface area contributed by atoms with Crippen LogP contribution in [0, 0.1) is 17.2 Å². The molecule has 0 aliphatic rings. The van der Waals surface area contributed by atoms with E-state index in [1.54, 1.807) is 11.6 Å². The van der Waals surface area contributed by atoms with E-state index in [0.29, 0.717) is 6.42 Å². The molecule has 1 aromatic rings. The second-order valence-electron chi connectivity index (χ2n) is 4.02. The van der Waals surface area contributed by atoms with Crippen LogP contribution in [0.25, 0.3) is 0 Å². The van der Waals surface area contributed by atoms with Crippen LogP contribution in [0.15, 0.2) is 12.3 Å². The number of aromatic nitrogens is 2. The molecule has 1 aromatic heterocycles. The van der Waals surface area contributed by atoms with Gasteiger partial charge in [0.05, 0.1) is 18.4 Å². The molecule has 0 saturated heterocycles. The Labute approximate surface area is 101 Å². The molecule has 5 heteroatoms. The van der Waals surface area contributed by atoms with Crippen LogP contribution >= 0.6 is 0 Å². The average Bonchev–Trinajstić information content (AvgIpc) is 2.74. The zero-order chi connectivity index (χ0) is 12.8. The molecule has 92 valence electrons. The number of rotatable bonds is 5. The molecule has 17 heavy (non-hydrogen) atoms. The summed E-state index contributed by atoms with van der Waals surface area (Å²) in [6, 6.07) is 4.04. The van der Waals surface area contributed by atoms with Gasteiger partial charge in [0.2, 0.25) is 0 Å². The highest BCUT2D eigenvalue weighted by Crippen LogP contribution is 2.10. The van der Waals surface area contributed by atoms with Crippen LogP contribution in [-0.4, -0.2) is 22.4 Å². The highest BCUT2D eigenvalue weighted by Gasteiger charge is 2.20. The van der Waals surface area contributed by atoms with Gasteiger partial charge in [-0.25, -0.2) is 0 Å². The van der Waals surface area contributed by atoms with Crippen molar-refractivity contribution < 1.29 is 9.53 Å². The fourth-order valence-electron chi connectivity index (χ4n) is 1.41. The summed E-state index contributed by atoms with van der Waals surface area (Å²) in [6.45, 7) is 6.05. The van der Waals surface area contributed by atoms with Gasteiger partial charge < -0.3 is 4.74 Å². The predicted molar refractivity (Wildman–Crippen MR) is 62.1 cm³/mol. The smallest absolute Gasteiger partial charge is 0.323 e. The number of hydrogen-bond acceptors (Lipinski definition) is 4. The van der Waals surface area contributed by atoms with Crippen molar-refractivity contribution in [3.63, 3.8) is 0 Å². The maximum Gasteiger partial charge on any atom is 0.323 e. The first kappa shape index (κ1) is 13.2. The highest BCUT2D eigenvalue weighted by atomic mass is 16.5. The van der Waals surface area contributed by atoms with E-state index < -0.39 is 11.9 Å². The molecule has 1 heterocycles. The van der Waals surface area contributed by atoms with Gasteiger partial charge in [-0.2, -0.15) is 10.4 Å². The standard InChI is InChI=1S/C12H17N3O2/c1-4-17-12(16)10(8-13)7-11-5-6-15(14-11)9(2)3/h5-6,9-10H,4,7H2,1-3H3. The summed E-state index contributed by atoms with van der Waals surface area (Å²) in [4.78, 5) is 11.4. The SMILES string of the molecule is CCOC(=O)C(C#N)Cc1ccn(C(C)C)n1. The first-order valence-electron chi connectivity index (χ1n) is 5.68. The van der Waals surface area contributed by atoms with Crippen molar-refractivity contribution in [2.24, 2.45) is 5.92 Å². The van der Waals surface area contributed by atoms with E-state index >= 15 is 0 Å². The third-order valence-electron chi connectivity index (χ3n) is 2.33. The van der Waals surface area contributed by atoms with Crippen molar-refractivity contribution in [2.75, 3.05) is 6.61 Å². The van der Waals surface area contributed by atoms with Gasteiger partial charge in [-0.3, -0.25) is 9.48 Å². The van der Waals surface area contributed by atoms with Crippen molar-refractivity contribution in [1.82, 2.24) is 9.78 Å². The van der Waals surface area contributed by atoms with Crippen LogP contribution < -0.4 is 0 Å². The third kappa shape index (κ3) is 3.59. The van der Waals surface area contributed by atoms with Crippen LogP contribution in [0.1, 0.15) is 32.5 Å². The minimum Gasteiger partial charge on any atom is -0.465 e. The van der Waals surface area contributed by atoms with E-state index in [4.69, 9.17) is 10.00 Å². The lowest BCUT2D eigenvalue weighted by atomic mass is 10.1. The minimum atomic E-state index is -0.773. The number of carbonyl (C=O) groups is 1. The summed E-state index contributed by atoms with van der Waals surface area (Å²) in [5, 5.41) is 13.2. The molecule has 0 aliphatic carbocycles. The second kappa shape index (κ2) is 6.04. The lowest BCUT2D eigenvalue weighted by Gasteiger charge is -2.07.